The Hall–Kier alpha value is -1.49. The van der Waals surface area contributed by atoms with E-state index in [4.69, 9.17) is 4.74 Å². The van der Waals surface area contributed by atoms with E-state index in [0.29, 0.717) is 0 Å². The molecule has 16 heavy (non-hydrogen) atoms. The summed E-state index contributed by atoms with van der Waals surface area (Å²) in [5.41, 5.74) is 0.993. The number of fused-ring (bicyclic) bond motifs is 1. The second-order valence-electron chi connectivity index (χ2n) is 3.28. The Morgan fingerprint density at radius 2 is 2.25 bits per heavy atom. The minimum atomic E-state index is -0.514. The quantitative estimate of drug-likeness (QED) is 0.862. The van der Waals surface area contributed by atoms with Crippen LogP contribution in [0.4, 0.5) is 0 Å². The number of nitrogens with zero attached hydrogens (tertiary/aromatic N) is 1. The zero-order chi connectivity index (χ0) is 11.7. The van der Waals surface area contributed by atoms with Gasteiger partial charge in [0.1, 0.15) is 11.3 Å². The van der Waals surface area contributed by atoms with Crippen molar-refractivity contribution in [3.8, 4) is 5.75 Å². The minimum absolute atomic E-state index is 0.0888. The number of esters is 1. The molecule has 2 heterocycles. The topological polar surface area (TPSA) is 50.9 Å². The Bertz CT molecular complexity index is 547. The maximum atomic E-state index is 11.5. The summed E-state index contributed by atoms with van der Waals surface area (Å²) in [6, 6.07) is 3.44. The van der Waals surface area contributed by atoms with E-state index >= 15 is 0 Å². The van der Waals surface area contributed by atoms with E-state index in [9.17, 15) is 9.90 Å². The Labute approximate surface area is 101 Å². The van der Waals surface area contributed by atoms with Crippen LogP contribution in [-0.4, -0.2) is 22.1 Å². The normalized spacial score (nSPS) is 10.6. The number of hydrogen-bond donors (Lipinski definition) is 1. The lowest BCUT2D eigenvalue weighted by Crippen LogP contribution is -2.05. The van der Waals surface area contributed by atoms with Gasteiger partial charge in [-0.25, -0.2) is 4.79 Å². The van der Waals surface area contributed by atoms with Crippen molar-refractivity contribution in [1.82, 2.24) is 4.40 Å². The lowest BCUT2D eigenvalue weighted by atomic mass is 10.2. The van der Waals surface area contributed by atoms with E-state index < -0.39 is 5.97 Å². The molecule has 5 heteroatoms. The Kier molecular flexibility index (Phi) is 2.87. The van der Waals surface area contributed by atoms with Crippen LogP contribution in [0.2, 0.25) is 0 Å². The molecular formula is C11H10BrNO3. The van der Waals surface area contributed by atoms with Gasteiger partial charge in [-0.15, -0.1) is 0 Å². The van der Waals surface area contributed by atoms with E-state index in [0.717, 1.165) is 9.99 Å². The van der Waals surface area contributed by atoms with Gasteiger partial charge in [-0.05, 0) is 35.0 Å². The molecule has 0 spiro atoms. The zero-order valence-electron chi connectivity index (χ0n) is 8.61. The third kappa shape index (κ3) is 1.90. The van der Waals surface area contributed by atoms with Gasteiger partial charge in [0.15, 0.2) is 0 Å². The van der Waals surface area contributed by atoms with Crippen molar-refractivity contribution in [2.75, 3.05) is 6.61 Å². The summed E-state index contributed by atoms with van der Waals surface area (Å²) in [5, 5.41) is 9.68. The van der Waals surface area contributed by atoms with Crippen molar-refractivity contribution in [2.45, 2.75) is 6.92 Å². The van der Waals surface area contributed by atoms with Gasteiger partial charge in [0.2, 0.25) is 0 Å². The maximum Gasteiger partial charge on any atom is 0.342 e. The third-order valence-corrected chi connectivity index (χ3v) is 2.60. The highest BCUT2D eigenvalue weighted by atomic mass is 79.9. The standard InChI is InChI=1S/C11H10BrNO3/c1-2-16-11(15)9-4-8-3-7(12)5-13(8)6-10(9)14/h3-6,14H,2H2,1H3. The van der Waals surface area contributed by atoms with Crippen LogP contribution in [-0.2, 0) is 4.74 Å². The first-order valence-corrected chi connectivity index (χ1v) is 5.58. The van der Waals surface area contributed by atoms with Crippen molar-refractivity contribution in [3.63, 3.8) is 0 Å². The number of hydrogen-bond acceptors (Lipinski definition) is 3. The highest BCUT2D eigenvalue weighted by Gasteiger charge is 2.13. The monoisotopic (exact) mass is 283 g/mol. The molecule has 0 atom stereocenters. The van der Waals surface area contributed by atoms with Crippen LogP contribution in [0.1, 0.15) is 17.3 Å². The second kappa shape index (κ2) is 4.17. The smallest absolute Gasteiger partial charge is 0.342 e. The molecule has 0 bridgehead atoms. The summed E-state index contributed by atoms with van der Waals surface area (Å²) in [5.74, 6) is -0.603. The van der Waals surface area contributed by atoms with Crippen LogP contribution in [0.15, 0.2) is 29.0 Å². The molecule has 2 rings (SSSR count). The van der Waals surface area contributed by atoms with Crippen molar-refractivity contribution in [2.24, 2.45) is 0 Å². The molecule has 0 saturated heterocycles. The lowest BCUT2D eigenvalue weighted by molar-refractivity contribution is 0.0523. The van der Waals surface area contributed by atoms with Gasteiger partial charge in [-0.3, -0.25) is 0 Å². The molecule has 0 aliphatic rings. The van der Waals surface area contributed by atoms with Crippen molar-refractivity contribution < 1.29 is 14.6 Å². The molecule has 0 fully saturated rings. The lowest BCUT2D eigenvalue weighted by Gasteiger charge is -2.05. The largest absolute Gasteiger partial charge is 0.505 e. The van der Waals surface area contributed by atoms with Crippen LogP contribution < -0.4 is 0 Å². The van der Waals surface area contributed by atoms with E-state index in [1.807, 2.05) is 6.07 Å². The average molecular weight is 284 g/mol. The average Bonchev–Trinajstić information content (AvgIpc) is 2.56. The number of halogens is 1. The number of aromatic hydroxyl groups is 1. The highest BCUT2D eigenvalue weighted by molar-refractivity contribution is 9.10. The third-order valence-electron chi connectivity index (χ3n) is 2.17. The van der Waals surface area contributed by atoms with E-state index in [1.54, 1.807) is 23.6 Å². The summed E-state index contributed by atoms with van der Waals surface area (Å²) in [6.07, 6.45) is 3.27. The molecule has 0 aromatic carbocycles. The van der Waals surface area contributed by atoms with Crippen LogP contribution in [0.5, 0.6) is 5.75 Å². The van der Waals surface area contributed by atoms with Gasteiger partial charge in [-0.1, -0.05) is 0 Å². The van der Waals surface area contributed by atoms with Gasteiger partial charge in [0.25, 0.3) is 0 Å². The SMILES string of the molecule is CCOC(=O)c1cc2cc(Br)cn2cc1O. The first-order valence-electron chi connectivity index (χ1n) is 4.79. The summed E-state index contributed by atoms with van der Waals surface area (Å²) in [4.78, 5) is 11.5. The fourth-order valence-electron chi connectivity index (χ4n) is 1.48. The first-order chi connectivity index (χ1) is 7.61. The molecule has 1 N–H and O–H groups in total. The van der Waals surface area contributed by atoms with Crippen LogP contribution in [0.25, 0.3) is 5.52 Å². The fraction of sp³-hybridized carbons (Fsp3) is 0.182. The summed E-state index contributed by atoms with van der Waals surface area (Å²) in [7, 11) is 0. The molecule has 0 radical (unpaired) electrons. The summed E-state index contributed by atoms with van der Waals surface area (Å²) < 4.78 is 7.45. The predicted molar refractivity (Wildman–Crippen MR) is 62.7 cm³/mol. The number of carbonyl (C=O) groups excluding carboxylic acids is 1. The maximum absolute atomic E-state index is 11.5. The summed E-state index contributed by atoms with van der Waals surface area (Å²) >= 11 is 3.32. The molecule has 4 nitrogen and oxygen atoms in total. The van der Waals surface area contributed by atoms with Crippen molar-refractivity contribution in [1.29, 1.82) is 0 Å². The molecular weight excluding hydrogens is 274 g/mol. The van der Waals surface area contributed by atoms with Crippen LogP contribution >= 0.6 is 15.9 Å². The number of ether oxygens (including phenoxy) is 1. The molecule has 0 aliphatic carbocycles. The minimum Gasteiger partial charge on any atom is -0.505 e. The molecule has 0 saturated carbocycles. The number of rotatable bonds is 2. The van der Waals surface area contributed by atoms with Gasteiger partial charge in [0.05, 0.1) is 12.8 Å². The Balaban J connectivity index is 2.53. The first kappa shape index (κ1) is 11.0. The second-order valence-corrected chi connectivity index (χ2v) is 4.20. The summed E-state index contributed by atoms with van der Waals surface area (Å²) in [6.45, 7) is 2.01. The predicted octanol–water partition coefficient (Wildman–Crippen LogP) is 2.58. The highest BCUT2D eigenvalue weighted by Crippen LogP contribution is 2.23. The number of aromatic nitrogens is 1. The molecule has 84 valence electrons. The molecule has 0 amide bonds. The van der Waals surface area contributed by atoms with Crippen LogP contribution in [0, 0.1) is 0 Å². The van der Waals surface area contributed by atoms with Crippen molar-refractivity contribution >= 4 is 27.4 Å². The fourth-order valence-corrected chi connectivity index (χ4v) is 1.94. The Morgan fingerprint density at radius 3 is 2.94 bits per heavy atom. The molecule has 0 aliphatic heterocycles. The molecule has 2 aromatic rings. The number of pyridine rings is 1. The van der Waals surface area contributed by atoms with Gasteiger partial charge >= 0.3 is 5.97 Å². The van der Waals surface area contributed by atoms with Crippen molar-refractivity contribution in [3.05, 3.63) is 34.6 Å². The van der Waals surface area contributed by atoms with Crippen LogP contribution in [0.3, 0.4) is 0 Å². The van der Waals surface area contributed by atoms with E-state index in [1.165, 1.54) is 6.20 Å². The Morgan fingerprint density at radius 1 is 1.50 bits per heavy atom. The molecule has 0 unspecified atom stereocenters. The molecule has 2 aromatic heterocycles. The van der Waals surface area contributed by atoms with E-state index in [-0.39, 0.29) is 17.9 Å². The van der Waals surface area contributed by atoms with Gasteiger partial charge in [0, 0.05) is 16.2 Å². The van der Waals surface area contributed by atoms with Gasteiger partial charge in [-0.2, -0.15) is 0 Å². The van der Waals surface area contributed by atoms with E-state index in [2.05, 4.69) is 15.9 Å². The van der Waals surface area contributed by atoms with Gasteiger partial charge < -0.3 is 14.2 Å². The number of carbonyl (C=O) groups is 1. The zero-order valence-corrected chi connectivity index (χ0v) is 10.2.